The SMILES string of the molecule is CC1(C)OB(c2ccc3c(c2)CCN(C(=O)C(F)(F)F)C3)OC1(C)C. The number of hydrogen-bond acceptors (Lipinski definition) is 3. The van der Waals surface area contributed by atoms with Crippen LogP contribution in [0.3, 0.4) is 0 Å². The molecule has 8 heteroatoms. The fourth-order valence-corrected chi connectivity index (χ4v) is 3.05. The molecule has 4 nitrogen and oxygen atoms in total. The number of alkyl halides is 3. The van der Waals surface area contributed by atoms with E-state index in [9.17, 15) is 18.0 Å². The highest BCUT2D eigenvalue weighted by Gasteiger charge is 2.51. The van der Waals surface area contributed by atoms with E-state index in [-0.39, 0.29) is 13.1 Å². The number of nitrogens with zero attached hydrogens (tertiary/aromatic N) is 1. The first kappa shape index (κ1) is 18.3. The Bertz CT molecular complexity index is 687. The van der Waals surface area contributed by atoms with Gasteiger partial charge in [0.1, 0.15) is 0 Å². The lowest BCUT2D eigenvalue weighted by Crippen LogP contribution is -2.44. The minimum atomic E-state index is -4.83. The Kier molecular flexibility index (Phi) is 4.19. The van der Waals surface area contributed by atoms with Crippen LogP contribution in [-0.2, 0) is 27.1 Å². The van der Waals surface area contributed by atoms with Gasteiger partial charge in [-0.1, -0.05) is 18.2 Å². The molecule has 0 saturated carbocycles. The number of carbonyl (C=O) groups excluding carboxylic acids is 1. The molecule has 0 spiro atoms. The monoisotopic (exact) mass is 355 g/mol. The summed E-state index contributed by atoms with van der Waals surface area (Å²) in [4.78, 5) is 12.3. The minimum Gasteiger partial charge on any atom is -0.399 e. The number of amides is 1. The van der Waals surface area contributed by atoms with Gasteiger partial charge in [-0.15, -0.1) is 0 Å². The maximum Gasteiger partial charge on any atom is 0.494 e. The van der Waals surface area contributed by atoms with Crippen molar-refractivity contribution in [1.82, 2.24) is 4.90 Å². The molecule has 1 amide bonds. The van der Waals surface area contributed by atoms with Crippen LogP contribution in [0.15, 0.2) is 18.2 Å². The quantitative estimate of drug-likeness (QED) is 0.727. The zero-order valence-corrected chi connectivity index (χ0v) is 14.7. The third-order valence-corrected chi connectivity index (χ3v) is 5.30. The number of rotatable bonds is 1. The molecule has 0 unspecified atom stereocenters. The standard InChI is InChI=1S/C17H21BF3NO3/c1-15(2)16(3,4)25-18(24-15)13-6-5-12-10-22(8-7-11(12)9-13)14(23)17(19,20)21/h5-6,9H,7-8,10H2,1-4H3. The molecule has 1 fully saturated rings. The van der Waals surface area contributed by atoms with E-state index in [1.54, 1.807) is 12.1 Å². The number of benzene rings is 1. The van der Waals surface area contributed by atoms with E-state index in [0.29, 0.717) is 6.42 Å². The van der Waals surface area contributed by atoms with E-state index in [2.05, 4.69) is 0 Å². The van der Waals surface area contributed by atoms with E-state index in [4.69, 9.17) is 9.31 Å². The lowest BCUT2D eigenvalue weighted by Gasteiger charge is -2.32. The average Bonchev–Trinajstić information content (AvgIpc) is 2.72. The molecular weight excluding hydrogens is 334 g/mol. The Morgan fingerprint density at radius 3 is 2.28 bits per heavy atom. The van der Waals surface area contributed by atoms with E-state index >= 15 is 0 Å². The molecule has 2 heterocycles. The summed E-state index contributed by atoms with van der Waals surface area (Å²) in [6, 6.07) is 5.46. The summed E-state index contributed by atoms with van der Waals surface area (Å²) in [6.45, 7) is 7.88. The van der Waals surface area contributed by atoms with Gasteiger partial charge in [-0.25, -0.2) is 0 Å². The van der Waals surface area contributed by atoms with Crippen LogP contribution in [0, 0.1) is 0 Å². The zero-order chi connectivity index (χ0) is 18.6. The molecule has 0 atom stereocenters. The number of halogens is 3. The molecule has 1 aromatic carbocycles. The molecule has 1 saturated heterocycles. The number of carbonyl (C=O) groups is 1. The van der Waals surface area contributed by atoms with Crippen molar-refractivity contribution < 1.29 is 27.3 Å². The largest absolute Gasteiger partial charge is 0.494 e. The second-order valence-corrected chi connectivity index (χ2v) is 7.59. The van der Waals surface area contributed by atoms with Gasteiger partial charge < -0.3 is 14.2 Å². The average molecular weight is 355 g/mol. The van der Waals surface area contributed by atoms with Crippen molar-refractivity contribution in [2.24, 2.45) is 0 Å². The maximum atomic E-state index is 12.6. The zero-order valence-electron chi connectivity index (χ0n) is 14.7. The van der Waals surface area contributed by atoms with Crippen molar-refractivity contribution in [3.63, 3.8) is 0 Å². The predicted molar refractivity (Wildman–Crippen MR) is 87.3 cm³/mol. The first-order chi connectivity index (χ1) is 11.4. The molecule has 0 bridgehead atoms. The molecule has 0 aromatic heterocycles. The highest BCUT2D eigenvalue weighted by molar-refractivity contribution is 6.62. The molecule has 2 aliphatic rings. The Morgan fingerprint density at radius 2 is 1.72 bits per heavy atom. The Morgan fingerprint density at radius 1 is 1.12 bits per heavy atom. The molecule has 3 rings (SSSR count). The van der Waals surface area contributed by atoms with Gasteiger partial charge in [0, 0.05) is 13.1 Å². The molecule has 25 heavy (non-hydrogen) atoms. The van der Waals surface area contributed by atoms with Gasteiger partial charge in [0.05, 0.1) is 11.2 Å². The van der Waals surface area contributed by atoms with Crippen molar-refractivity contribution in [3.05, 3.63) is 29.3 Å². The van der Waals surface area contributed by atoms with Crippen LogP contribution < -0.4 is 5.46 Å². The number of hydrogen-bond donors (Lipinski definition) is 0. The molecule has 1 aromatic rings. The molecule has 0 radical (unpaired) electrons. The lowest BCUT2D eigenvalue weighted by atomic mass is 9.77. The van der Waals surface area contributed by atoms with Crippen LogP contribution in [0.2, 0.25) is 0 Å². The smallest absolute Gasteiger partial charge is 0.399 e. The summed E-state index contributed by atoms with van der Waals surface area (Å²) in [5, 5.41) is 0. The van der Waals surface area contributed by atoms with Crippen molar-refractivity contribution in [3.8, 4) is 0 Å². The molecule has 136 valence electrons. The lowest BCUT2D eigenvalue weighted by molar-refractivity contribution is -0.186. The summed E-state index contributed by atoms with van der Waals surface area (Å²) in [6.07, 6.45) is -4.45. The summed E-state index contributed by atoms with van der Waals surface area (Å²) in [5.41, 5.74) is 1.59. The summed E-state index contributed by atoms with van der Waals surface area (Å²) in [7, 11) is -0.509. The van der Waals surface area contributed by atoms with Gasteiger partial charge >= 0.3 is 19.2 Å². The summed E-state index contributed by atoms with van der Waals surface area (Å²) < 4.78 is 49.8. The van der Waals surface area contributed by atoms with Gasteiger partial charge in [0.15, 0.2) is 0 Å². The van der Waals surface area contributed by atoms with Crippen LogP contribution >= 0.6 is 0 Å². The van der Waals surface area contributed by atoms with Gasteiger partial charge in [0.2, 0.25) is 0 Å². The predicted octanol–water partition coefficient (Wildman–Crippen LogP) is 2.43. The van der Waals surface area contributed by atoms with Crippen LogP contribution in [0.25, 0.3) is 0 Å². The fourth-order valence-electron chi connectivity index (χ4n) is 3.05. The first-order valence-corrected chi connectivity index (χ1v) is 8.24. The number of fused-ring (bicyclic) bond motifs is 1. The van der Waals surface area contributed by atoms with Crippen LogP contribution in [0.5, 0.6) is 0 Å². The summed E-state index contributed by atoms with van der Waals surface area (Å²) >= 11 is 0. The minimum absolute atomic E-state index is 0.0304. The Hall–Kier alpha value is -1.54. The highest BCUT2D eigenvalue weighted by atomic mass is 19.4. The van der Waals surface area contributed by atoms with E-state index in [1.165, 1.54) is 0 Å². The normalized spacial score (nSPS) is 22.0. The second-order valence-electron chi connectivity index (χ2n) is 7.59. The van der Waals surface area contributed by atoms with Crippen molar-refractivity contribution in [2.45, 2.75) is 58.0 Å². The van der Waals surface area contributed by atoms with Crippen LogP contribution in [0.4, 0.5) is 13.2 Å². The van der Waals surface area contributed by atoms with Gasteiger partial charge in [-0.05, 0) is 50.7 Å². The summed E-state index contributed by atoms with van der Waals surface area (Å²) in [5.74, 6) is -1.78. The Balaban J connectivity index is 1.79. The first-order valence-electron chi connectivity index (χ1n) is 8.24. The third kappa shape index (κ3) is 3.29. The molecule has 0 aliphatic carbocycles. The van der Waals surface area contributed by atoms with Crippen LogP contribution in [0.1, 0.15) is 38.8 Å². The second kappa shape index (κ2) is 5.74. The van der Waals surface area contributed by atoms with Gasteiger partial charge in [-0.2, -0.15) is 13.2 Å². The van der Waals surface area contributed by atoms with Gasteiger partial charge in [-0.3, -0.25) is 4.79 Å². The molecule has 0 N–H and O–H groups in total. The molecule has 2 aliphatic heterocycles. The Labute approximate surface area is 145 Å². The van der Waals surface area contributed by atoms with E-state index in [1.807, 2.05) is 33.8 Å². The maximum absolute atomic E-state index is 12.6. The van der Waals surface area contributed by atoms with Crippen molar-refractivity contribution in [2.75, 3.05) is 6.54 Å². The third-order valence-electron chi connectivity index (χ3n) is 5.30. The van der Waals surface area contributed by atoms with Crippen molar-refractivity contribution >= 4 is 18.5 Å². The van der Waals surface area contributed by atoms with E-state index in [0.717, 1.165) is 21.5 Å². The fraction of sp³-hybridized carbons (Fsp3) is 0.588. The topological polar surface area (TPSA) is 38.8 Å². The van der Waals surface area contributed by atoms with E-state index < -0.39 is 30.4 Å². The van der Waals surface area contributed by atoms with Gasteiger partial charge in [0.25, 0.3) is 0 Å². The highest BCUT2D eigenvalue weighted by Crippen LogP contribution is 2.36. The van der Waals surface area contributed by atoms with Crippen LogP contribution in [-0.4, -0.2) is 41.8 Å². The van der Waals surface area contributed by atoms with Crippen molar-refractivity contribution in [1.29, 1.82) is 0 Å². The molecular formula is C17H21BF3NO3.